The lowest BCUT2D eigenvalue weighted by Crippen LogP contribution is -2.39. The zero-order valence-corrected chi connectivity index (χ0v) is 20.1. The van der Waals surface area contributed by atoms with Gasteiger partial charge in [-0.1, -0.05) is 11.6 Å². The molecule has 3 aromatic heterocycles. The predicted molar refractivity (Wildman–Crippen MR) is 135 cm³/mol. The van der Waals surface area contributed by atoms with Crippen LogP contribution in [-0.4, -0.2) is 52.4 Å². The number of nitriles is 1. The fourth-order valence-electron chi connectivity index (χ4n) is 4.33. The van der Waals surface area contributed by atoms with E-state index in [1.165, 1.54) is 43.8 Å². The van der Waals surface area contributed by atoms with Crippen LogP contribution in [0.2, 0.25) is 5.02 Å². The molecule has 10 nitrogen and oxygen atoms in total. The lowest BCUT2D eigenvalue weighted by atomic mass is 10.2. The van der Waals surface area contributed by atoms with Crippen LogP contribution in [0.4, 0.5) is 10.2 Å². The Balaban J connectivity index is 1.80. The number of methoxy groups -OCH3 is 2. The van der Waals surface area contributed by atoms with Crippen LogP contribution in [0.1, 0.15) is 16.1 Å². The summed E-state index contributed by atoms with van der Waals surface area (Å²) >= 11 is 6.05. The van der Waals surface area contributed by atoms with Gasteiger partial charge >= 0.3 is 5.69 Å². The third-order valence-electron chi connectivity index (χ3n) is 6.09. The van der Waals surface area contributed by atoms with Gasteiger partial charge < -0.3 is 14.4 Å². The lowest BCUT2D eigenvalue weighted by molar-refractivity contribution is 0.121. The number of rotatable bonds is 5. The molecular formula is C25H20ClFN6O4. The molecule has 0 radical (unpaired) electrons. The summed E-state index contributed by atoms with van der Waals surface area (Å²) in [5.41, 5.74) is -1.27. The summed E-state index contributed by atoms with van der Waals surface area (Å²) in [6.45, 7) is 0.578. The van der Waals surface area contributed by atoms with E-state index in [9.17, 15) is 19.2 Å². The molecule has 1 aromatic carbocycles. The molecule has 1 aliphatic heterocycles. The Labute approximate surface area is 218 Å². The number of nitrogens with zero attached hydrogens (tertiary/aromatic N) is 6. The zero-order valence-electron chi connectivity index (χ0n) is 22.3. The molecule has 1 atom stereocenters. The summed E-state index contributed by atoms with van der Waals surface area (Å²) in [5, 5.41) is 8.98. The van der Waals surface area contributed by atoms with Crippen molar-refractivity contribution in [1.29, 1.82) is 5.26 Å². The normalized spacial score (nSPS) is 16.8. The number of hydrogen-bond donors (Lipinski definition) is 0. The number of hydrogen-bond acceptors (Lipinski definition) is 8. The van der Waals surface area contributed by atoms with E-state index in [-0.39, 0.29) is 45.3 Å². The number of pyridine rings is 2. The maximum atomic E-state index is 14.1. The topological polar surface area (TPSA) is 115 Å². The van der Waals surface area contributed by atoms with Crippen molar-refractivity contribution in [2.45, 2.75) is 12.5 Å². The van der Waals surface area contributed by atoms with Gasteiger partial charge in [-0.05, 0) is 30.7 Å². The molecule has 0 bridgehead atoms. The minimum Gasteiger partial charge on any atom is -0.480 e. The average molecular weight is 526 g/mol. The Hall–Kier alpha value is -4.27. The average Bonchev–Trinajstić information content (AvgIpc) is 3.37. The Morgan fingerprint density at radius 1 is 1.22 bits per heavy atom. The van der Waals surface area contributed by atoms with Crippen LogP contribution in [0.25, 0.3) is 22.3 Å². The van der Waals surface area contributed by atoms with Crippen LogP contribution in [0.5, 0.6) is 5.88 Å². The Morgan fingerprint density at radius 3 is 2.78 bits per heavy atom. The van der Waals surface area contributed by atoms with Crippen molar-refractivity contribution in [1.82, 2.24) is 19.1 Å². The molecule has 0 spiro atoms. The van der Waals surface area contributed by atoms with E-state index in [1.54, 1.807) is 4.90 Å². The van der Waals surface area contributed by atoms with Crippen molar-refractivity contribution in [3.63, 3.8) is 0 Å². The number of benzene rings is 1. The monoisotopic (exact) mass is 525 g/mol. The molecule has 0 saturated carbocycles. The molecule has 1 aliphatic rings. The van der Waals surface area contributed by atoms with Gasteiger partial charge in [0.15, 0.2) is 0 Å². The molecule has 4 heterocycles. The van der Waals surface area contributed by atoms with Gasteiger partial charge in [0.2, 0.25) is 5.88 Å². The second-order valence-corrected chi connectivity index (χ2v) is 8.67. The molecule has 1 fully saturated rings. The van der Waals surface area contributed by atoms with Crippen molar-refractivity contribution in [3.8, 4) is 23.3 Å². The number of halogens is 2. The first kappa shape index (κ1) is 20.9. The standard InChI is InChI=1S/C25H20ClFN6O4/c1-36-17-5-6-31(13-17)21-9-20-22(23(30-21)37-2)24(34)33(16-7-14(10-28)11-29-12-16)25(35)32(20)15-3-4-19(27)18(26)8-15/h3-4,7-9,11-12,17H,5-6,13H2,1-2H3/t17-/m1/s1/i1D3. The number of aromatic nitrogens is 4. The van der Waals surface area contributed by atoms with Crippen molar-refractivity contribution >= 4 is 28.3 Å². The molecule has 37 heavy (non-hydrogen) atoms. The van der Waals surface area contributed by atoms with Crippen molar-refractivity contribution in [2.24, 2.45) is 0 Å². The second-order valence-electron chi connectivity index (χ2n) is 8.26. The minimum absolute atomic E-state index is 0.0215. The fourth-order valence-corrected chi connectivity index (χ4v) is 4.50. The molecule has 188 valence electrons. The van der Waals surface area contributed by atoms with Gasteiger partial charge in [0, 0.05) is 32.4 Å². The van der Waals surface area contributed by atoms with E-state index < -0.39 is 30.2 Å². The summed E-state index contributed by atoms with van der Waals surface area (Å²) in [6.07, 6.45) is 2.34. The first-order valence-electron chi connectivity index (χ1n) is 12.5. The van der Waals surface area contributed by atoms with E-state index in [0.717, 1.165) is 15.2 Å². The zero-order chi connectivity index (χ0) is 28.8. The highest BCUT2D eigenvalue weighted by Crippen LogP contribution is 2.30. The van der Waals surface area contributed by atoms with E-state index >= 15 is 0 Å². The predicted octanol–water partition coefficient (Wildman–Crippen LogP) is 2.83. The van der Waals surface area contributed by atoms with Crippen molar-refractivity contribution < 1.29 is 18.0 Å². The third-order valence-corrected chi connectivity index (χ3v) is 6.38. The maximum absolute atomic E-state index is 14.1. The van der Waals surface area contributed by atoms with Crippen LogP contribution in [0, 0.1) is 17.1 Å². The Bertz CT molecular complexity index is 1800. The largest absolute Gasteiger partial charge is 0.480 e. The molecule has 0 amide bonds. The first-order valence-corrected chi connectivity index (χ1v) is 11.4. The Morgan fingerprint density at radius 2 is 2.05 bits per heavy atom. The van der Waals surface area contributed by atoms with E-state index in [1.807, 2.05) is 6.07 Å². The van der Waals surface area contributed by atoms with Crippen LogP contribution >= 0.6 is 11.6 Å². The smallest absolute Gasteiger partial charge is 0.340 e. The van der Waals surface area contributed by atoms with Gasteiger partial charge in [-0.3, -0.25) is 14.3 Å². The van der Waals surface area contributed by atoms with Gasteiger partial charge in [-0.2, -0.15) is 10.2 Å². The molecule has 1 saturated heterocycles. The van der Waals surface area contributed by atoms with Gasteiger partial charge in [-0.15, -0.1) is 0 Å². The fraction of sp³-hybridized carbons (Fsp3) is 0.240. The molecule has 0 unspecified atom stereocenters. The van der Waals surface area contributed by atoms with Crippen LogP contribution < -0.4 is 20.9 Å². The van der Waals surface area contributed by atoms with E-state index in [0.29, 0.717) is 18.8 Å². The number of anilines is 1. The number of ether oxygens (including phenoxy) is 2. The summed E-state index contributed by atoms with van der Waals surface area (Å²) in [6, 6.07) is 8.38. The van der Waals surface area contributed by atoms with Crippen LogP contribution in [-0.2, 0) is 4.74 Å². The van der Waals surface area contributed by atoms with Crippen molar-refractivity contribution in [3.05, 3.63) is 80.0 Å². The molecular weight excluding hydrogens is 503 g/mol. The molecule has 5 rings (SSSR count). The van der Waals surface area contributed by atoms with Gasteiger partial charge in [0.1, 0.15) is 23.1 Å². The SMILES string of the molecule is [2H]C([2H])([2H])O[C@@H]1CCN(c2cc3c(c(OC)n2)c(=O)n(-c2cncc(C#N)c2)c(=O)n3-c2ccc(F)c(Cl)c2)C1. The third kappa shape index (κ3) is 4.20. The van der Waals surface area contributed by atoms with E-state index in [2.05, 4.69) is 9.97 Å². The summed E-state index contributed by atoms with van der Waals surface area (Å²) < 4.78 is 48.8. The summed E-state index contributed by atoms with van der Waals surface area (Å²) in [4.78, 5) is 38.0. The van der Waals surface area contributed by atoms with Gasteiger partial charge in [0.25, 0.3) is 5.56 Å². The summed E-state index contributed by atoms with van der Waals surface area (Å²) in [7, 11) is -1.26. The Kier molecular flexibility index (Phi) is 5.44. The van der Waals surface area contributed by atoms with Gasteiger partial charge in [0.05, 0.1) is 51.0 Å². The minimum atomic E-state index is -2.57. The highest BCUT2D eigenvalue weighted by molar-refractivity contribution is 6.30. The van der Waals surface area contributed by atoms with Crippen LogP contribution in [0.3, 0.4) is 0 Å². The highest BCUT2D eigenvalue weighted by Gasteiger charge is 2.27. The quantitative estimate of drug-likeness (QED) is 0.390. The highest BCUT2D eigenvalue weighted by atomic mass is 35.5. The summed E-state index contributed by atoms with van der Waals surface area (Å²) in [5.74, 6) is -0.523. The second kappa shape index (κ2) is 9.65. The maximum Gasteiger partial charge on any atom is 0.340 e. The number of fused-ring (bicyclic) bond motifs is 1. The van der Waals surface area contributed by atoms with Gasteiger partial charge in [-0.25, -0.2) is 13.8 Å². The molecule has 4 aromatic rings. The lowest BCUT2D eigenvalue weighted by Gasteiger charge is -2.21. The first-order chi connectivity index (χ1) is 19.0. The molecule has 0 N–H and O–H groups in total. The van der Waals surface area contributed by atoms with Crippen LogP contribution in [0.15, 0.2) is 52.3 Å². The molecule has 12 heteroatoms. The van der Waals surface area contributed by atoms with E-state index in [4.69, 9.17) is 25.2 Å². The molecule has 0 aliphatic carbocycles. The van der Waals surface area contributed by atoms with Crippen molar-refractivity contribution in [2.75, 3.05) is 32.1 Å².